The lowest BCUT2D eigenvalue weighted by atomic mass is 10.0. The highest BCUT2D eigenvalue weighted by atomic mass is 16.5. The Kier molecular flexibility index (Phi) is 6.91. The highest BCUT2D eigenvalue weighted by molar-refractivity contribution is 5.84. The Balaban J connectivity index is 1.04. The van der Waals surface area contributed by atoms with Crippen molar-refractivity contribution in [1.82, 2.24) is 9.88 Å². The highest BCUT2D eigenvalue weighted by Crippen LogP contribution is 2.32. The van der Waals surface area contributed by atoms with Crippen LogP contribution >= 0.6 is 0 Å². The number of nitrogens with zero attached hydrogens (tertiary/aromatic N) is 2. The summed E-state index contributed by atoms with van der Waals surface area (Å²) in [5.41, 5.74) is 9.56. The number of carbonyl (C=O) groups excluding carboxylic acids is 1. The minimum atomic E-state index is -0.530. The average molecular weight is 473 g/mol. The summed E-state index contributed by atoms with van der Waals surface area (Å²) in [6.45, 7) is 3.21. The smallest absolute Gasteiger partial charge is 0.258 e. The van der Waals surface area contributed by atoms with Gasteiger partial charge in [0.1, 0.15) is 17.6 Å². The molecule has 0 aliphatic carbocycles. The average Bonchev–Trinajstić information content (AvgIpc) is 3.29. The predicted octanol–water partition coefficient (Wildman–Crippen LogP) is 4.08. The number of aromatic amines is 1. The van der Waals surface area contributed by atoms with Crippen LogP contribution in [0, 0.1) is 11.3 Å². The topological polar surface area (TPSA) is 104 Å². The molecule has 0 radical (unpaired) electrons. The first kappa shape index (κ1) is 23.3. The lowest BCUT2D eigenvalue weighted by molar-refractivity contribution is -0.125. The third-order valence-corrected chi connectivity index (χ3v) is 7.20. The summed E-state index contributed by atoms with van der Waals surface area (Å²) in [6, 6.07) is 13.9. The summed E-state index contributed by atoms with van der Waals surface area (Å²) in [6.07, 6.45) is 8.54. The van der Waals surface area contributed by atoms with Crippen LogP contribution in [0.25, 0.3) is 10.9 Å². The van der Waals surface area contributed by atoms with Crippen molar-refractivity contribution in [3.63, 3.8) is 0 Å². The summed E-state index contributed by atoms with van der Waals surface area (Å²) < 4.78 is 12.0. The normalized spacial score (nSPS) is 18.5. The van der Waals surface area contributed by atoms with E-state index in [1.807, 2.05) is 36.4 Å². The van der Waals surface area contributed by atoms with Crippen molar-refractivity contribution in [1.29, 1.82) is 5.26 Å². The molecule has 3 aromatic rings. The predicted molar refractivity (Wildman–Crippen MR) is 134 cm³/mol. The molecule has 3 heterocycles. The van der Waals surface area contributed by atoms with Crippen LogP contribution in [0.2, 0.25) is 0 Å². The van der Waals surface area contributed by atoms with Crippen LogP contribution in [0.3, 0.4) is 0 Å². The van der Waals surface area contributed by atoms with Gasteiger partial charge in [-0.15, -0.1) is 0 Å². The number of carbonyl (C=O) groups is 1. The van der Waals surface area contributed by atoms with E-state index < -0.39 is 12.0 Å². The van der Waals surface area contributed by atoms with Crippen LogP contribution in [0.4, 0.5) is 0 Å². The molecule has 182 valence electrons. The van der Waals surface area contributed by atoms with Gasteiger partial charge in [0, 0.05) is 30.2 Å². The quantitative estimate of drug-likeness (QED) is 0.481. The van der Waals surface area contributed by atoms with Gasteiger partial charge in [-0.1, -0.05) is 0 Å². The molecule has 1 atom stereocenters. The zero-order valence-electron chi connectivity index (χ0n) is 20.0. The van der Waals surface area contributed by atoms with Crippen molar-refractivity contribution in [2.24, 2.45) is 5.73 Å². The number of primary amides is 1. The Morgan fingerprint density at radius 2 is 2.03 bits per heavy atom. The number of nitrogens with two attached hydrogens (primary N) is 1. The van der Waals surface area contributed by atoms with Gasteiger partial charge in [0.05, 0.1) is 11.6 Å². The number of ether oxygens (including phenoxy) is 2. The summed E-state index contributed by atoms with van der Waals surface area (Å²) >= 11 is 0. The van der Waals surface area contributed by atoms with Crippen LogP contribution in [0.5, 0.6) is 11.5 Å². The molecule has 1 unspecified atom stereocenters. The van der Waals surface area contributed by atoms with Gasteiger partial charge >= 0.3 is 0 Å². The number of H-pyrrole nitrogens is 1. The van der Waals surface area contributed by atoms with E-state index in [1.165, 1.54) is 10.9 Å². The number of unbranched alkanes of at least 4 members (excludes halogenated alkanes) is 1. The van der Waals surface area contributed by atoms with Crippen molar-refractivity contribution >= 4 is 16.8 Å². The van der Waals surface area contributed by atoms with Crippen LogP contribution in [-0.4, -0.2) is 47.6 Å². The van der Waals surface area contributed by atoms with E-state index in [0.29, 0.717) is 12.0 Å². The number of amides is 1. The largest absolute Gasteiger partial charge is 0.490 e. The Labute approximate surface area is 205 Å². The van der Waals surface area contributed by atoms with E-state index in [2.05, 4.69) is 22.1 Å². The first-order valence-electron chi connectivity index (χ1n) is 12.6. The first-order chi connectivity index (χ1) is 17.1. The standard InChI is InChI=1S/C28H32N4O3/c29-17-19-4-7-25-24(15-19)21(18-31-25)3-1-2-12-32-13-10-22(11-14-32)34-23-6-9-26-20(16-23)5-8-27(35-26)28(30)33/h4,6-7,9,15-16,18,22,27,31H,1-3,5,8,10-14H2,(H2,30,33). The number of aromatic nitrogens is 1. The molecule has 3 N–H and O–H groups in total. The third-order valence-electron chi connectivity index (χ3n) is 7.20. The summed E-state index contributed by atoms with van der Waals surface area (Å²) in [4.78, 5) is 17.2. The third kappa shape index (κ3) is 5.44. The Bertz CT molecular complexity index is 1240. The number of hydrogen-bond donors (Lipinski definition) is 2. The minimum Gasteiger partial charge on any atom is -0.490 e. The van der Waals surface area contributed by atoms with E-state index in [-0.39, 0.29) is 6.10 Å². The monoisotopic (exact) mass is 472 g/mol. The number of nitriles is 1. The molecule has 0 spiro atoms. The number of nitrogens with one attached hydrogen (secondary N) is 1. The van der Waals surface area contributed by atoms with Gasteiger partial charge in [-0.2, -0.15) is 5.26 Å². The maximum absolute atomic E-state index is 11.4. The second-order valence-electron chi connectivity index (χ2n) is 9.62. The zero-order valence-corrected chi connectivity index (χ0v) is 20.0. The van der Waals surface area contributed by atoms with Gasteiger partial charge in [-0.05, 0) is 99.0 Å². The minimum absolute atomic E-state index is 0.229. The molecule has 1 fully saturated rings. The second-order valence-corrected chi connectivity index (χ2v) is 9.62. The zero-order chi connectivity index (χ0) is 24.2. The molecule has 1 amide bonds. The molecule has 1 saturated heterocycles. The van der Waals surface area contributed by atoms with Crippen molar-refractivity contribution in [3.05, 3.63) is 59.3 Å². The molecule has 0 bridgehead atoms. The van der Waals surface area contributed by atoms with Crippen molar-refractivity contribution in [2.75, 3.05) is 19.6 Å². The van der Waals surface area contributed by atoms with Crippen molar-refractivity contribution in [3.8, 4) is 17.6 Å². The molecule has 7 heteroatoms. The van der Waals surface area contributed by atoms with Crippen molar-refractivity contribution in [2.45, 2.75) is 57.2 Å². The number of rotatable bonds is 8. The number of piperidine rings is 1. The fraction of sp³-hybridized carbons (Fsp3) is 0.429. The number of fused-ring (bicyclic) bond motifs is 2. The van der Waals surface area contributed by atoms with E-state index in [4.69, 9.17) is 20.5 Å². The van der Waals surface area contributed by atoms with Gasteiger partial charge in [0.2, 0.25) is 0 Å². The van der Waals surface area contributed by atoms with Crippen LogP contribution < -0.4 is 15.2 Å². The molecule has 7 nitrogen and oxygen atoms in total. The molecule has 1 aromatic heterocycles. The van der Waals surface area contributed by atoms with E-state index in [9.17, 15) is 4.79 Å². The van der Waals surface area contributed by atoms with Gasteiger partial charge in [0.25, 0.3) is 5.91 Å². The van der Waals surface area contributed by atoms with Crippen LogP contribution in [0.1, 0.15) is 48.8 Å². The Morgan fingerprint density at radius 1 is 1.17 bits per heavy atom. The molecular formula is C28H32N4O3. The fourth-order valence-electron chi connectivity index (χ4n) is 5.19. The fourth-order valence-corrected chi connectivity index (χ4v) is 5.19. The molecule has 35 heavy (non-hydrogen) atoms. The number of hydrogen-bond acceptors (Lipinski definition) is 5. The maximum Gasteiger partial charge on any atom is 0.258 e. The number of likely N-dealkylation sites (tertiary alicyclic amines) is 1. The molecule has 2 aromatic carbocycles. The molecule has 2 aliphatic rings. The Hall–Kier alpha value is -3.50. The maximum atomic E-state index is 11.4. The van der Waals surface area contributed by atoms with Gasteiger partial charge in [0.15, 0.2) is 6.10 Å². The second kappa shape index (κ2) is 10.4. The van der Waals surface area contributed by atoms with E-state index in [1.54, 1.807) is 0 Å². The van der Waals surface area contributed by atoms with Gasteiger partial charge in [-0.3, -0.25) is 4.79 Å². The van der Waals surface area contributed by atoms with Gasteiger partial charge < -0.3 is 25.1 Å². The summed E-state index contributed by atoms with van der Waals surface area (Å²) in [5, 5.41) is 10.3. The lowest BCUT2D eigenvalue weighted by Gasteiger charge is -2.32. The Morgan fingerprint density at radius 3 is 2.83 bits per heavy atom. The first-order valence-corrected chi connectivity index (χ1v) is 12.6. The molecule has 0 saturated carbocycles. The van der Waals surface area contributed by atoms with E-state index in [0.717, 1.165) is 80.7 Å². The molecule has 2 aliphatic heterocycles. The lowest BCUT2D eigenvalue weighted by Crippen LogP contribution is -2.38. The van der Waals surface area contributed by atoms with Gasteiger partial charge in [-0.25, -0.2) is 0 Å². The SMILES string of the molecule is N#Cc1ccc2[nH]cc(CCCCN3CCC(Oc4ccc5c(c4)CCC(C(N)=O)O5)CC3)c2c1. The van der Waals surface area contributed by atoms with E-state index >= 15 is 0 Å². The summed E-state index contributed by atoms with van der Waals surface area (Å²) in [5.74, 6) is 1.21. The van der Waals surface area contributed by atoms with Crippen molar-refractivity contribution < 1.29 is 14.3 Å². The van der Waals surface area contributed by atoms with Crippen LogP contribution in [-0.2, 0) is 17.6 Å². The molecule has 5 rings (SSSR count). The molecular weight excluding hydrogens is 440 g/mol. The summed E-state index contributed by atoms with van der Waals surface area (Å²) in [7, 11) is 0. The number of benzene rings is 2. The van der Waals surface area contributed by atoms with Crippen LogP contribution in [0.15, 0.2) is 42.6 Å². The highest BCUT2D eigenvalue weighted by Gasteiger charge is 2.25. The number of aryl methyl sites for hydroxylation is 2.